The molecule has 1 unspecified atom stereocenters. The minimum atomic E-state index is -3.85. The minimum Gasteiger partial charge on any atom is -0.490 e. The molecule has 184 valence electrons. The molecule has 1 heterocycles. The first-order chi connectivity index (χ1) is 16.5. The highest BCUT2D eigenvalue weighted by Crippen LogP contribution is 2.46. The number of nitriles is 1. The Bertz CT molecular complexity index is 1370. The Morgan fingerprint density at radius 3 is 2.89 bits per heavy atom. The van der Waals surface area contributed by atoms with Crippen molar-refractivity contribution in [1.82, 2.24) is 14.9 Å². The fraction of sp³-hybridized carbons (Fsp3) is 0.417. The first-order valence-electron chi connectivity index (χ1n) is 11.3. The van der Waals surface area contributed by atoms with E-state index in [0.717, 1.165) is 11.1 Å². The summed E-state index contributed by atoms with van der Waals surface area (Å²) in [6.07, 6.45) is 5.62. The predicted octanol–water partition coefficient (Wildman–Crippen LogP) is 2.48. The third-order valence-corrected chi connectivity index (χ3v) is 7.49. The zero-order valence-electron chi connectivity index (χ0n) is 19.7. The van der Waals surface area contributed by atoms with Crippen LogP contribution in [0.25, 0.3) is 11.5 Å². The lowest BCUT2D eigenvalue weighted by molar-refractivity contribution is -0.115. The lowest BCUT2D eigenvalue weighted by atomic mass is 9.73. The van der Waals surface area contributed by atoms with Crippen LogP contribution in [-0.2, 0) is 20.2 Å². The molecule has 3 N–H and O–H groups in total. The standard InChI is InChI=1S/C24H27N5O5S/c1-14(2)33-20-9-6-15(11-16(20)12-25)22-27-23(28-34-22)24(3)10-4-5-17-18(24)7-8-19(17)29-35(31,32)13-21(26)30/h4-6,9,11,14,19,29H,7-8,10,13H2,1-3H3,(H2,26,30)/t19-,24?/m0/s1. The number of benzene rings is 1. The van der Waals surface area contributed by atoms with Gasteiger partial charge in [0.25, 0.3) is 5.89 Å². The van der Waals surface area contributed by atoms with Crippen molar-refractivity contribution >= 4 is 15.9 Å². The predicted molar refractivity (Wildman–Crippen MR) is 127 cm³/mol. The molecule has 0 radical (unpaired) electrons. The summed E-state index contributed by atoms with van der Waals surface area (Å²) in [6, 6.07) is 6.82. The average Bonchev–Trinajstić information content (AvgIpc) is 3.42. The molecule has 2 atom stereocenters. The summed E-state index contributed by atoms with van der Waals surface area (Å²) in [5, 5.41) is 13.8. The molecule has 2 aliphatic carbocycles. The third kappa shape index (κ3) is 4.99. The second kappa shape index (κ2) is 9.28. The van der Waals surface area contributed by atoms with Gasteiger partial charge >= 0.3 is 0 Å². The minimum absolute atomic E-state index is 0.0692. The first-order valence-corrected chi connectivity index (χ1v) is 12.9. The molecule has 11 heteroatoms. The van der Waals surface area contributed by atoms with E-state index < -0.39 is 33.1 Å². The van der Waals surface area contributed by atoms with Gasteiger partial charge in [-0.25, -0.2) is 13.1 Å². The zero-order valence-corrected chi connectivity index (χ0v) is 20.6. The van der Waals surface area contributed by atoms with E-state index >= 15 is 0 Å². The molecule has 1 amide bonds. The second-order valence-electron chi connectivity index (χ2n) is 9.22. The lowest BCUT2D eigenvalue weighted by Gasteiger charge is -2.31. The number of carbonyl (C=O) groups excluding carboxylic acids is 1. The second-order valence-corrected chi connectivity index (χ2v) is 11.0. The van der Waals surface area contributed by atoms with Crippen molar-refractivity contribution in [1.29, 1.82) is 5.26 Å². The summed E-state index contributed by atoms with van der Waals surface area (Å²) in [5.74, 6) is -0.418. The molecule has 4 rings (SSSR count). The number of nitrogens with one attached hydrogen (secondary N) is 1. The van der Waals surface area contributed by atoms with E-state index in [1.165, 1.54) is 0 Å². The number of hydrogen-bond acceptors (Lipinski definition) is 8. The van der Waals surface area contributed by atoms with Crippen LogP contribution in [0.3, 0.4) is 0 Å². The van der Waals surface area contributed by atoms with E-state index in [1.54, 1.807) is 18.2 Å². The van der Waals surface area contributed by atoms with Crippen LogP contribution in [0.1, 0.15) is 51.4 Å². The van der Waals surface area contributed by atoms with Crippen LogP contribution in [0.2, 0.25) is 0 Å². The van der Waals surface area contributed by atoms with Gasteiger partial charge in [0.1, 0.15) is 17.6 Å². The van der Waals surface area contributed by atoms with E-state index in [-0.39, 0.29) is 12.0 Å². The SMILES string of the molecule is CC(C)Oc1ccc(-c2nc(C3(C)CC=CC4=C3CC[C@@H]4NS(=O)(=O)CC(N)=O)no2)cc1C#N. The number of amides is 1. The molecule has 2 aliphatic rings. The molecule has 0 saturated carbocycles. The maximum atomic E-state index is 12.3. The fourth-order valence-electron chi connectivity index (χ4n) is 4.62. The van der Waals surface area contributed by atoms with Crippen molar-refractivity contribution in [3.05, 3.63) is 52.9 Å². The molecule has 10 nitrogen and oxygen atoms in total. The molecule has 35 heavy (non-hydrogen) atoms. The topological polar surface area (TPSA) is 161 Å². The number of ether oxygens (including phenoxy) is 1. The van der Waals surface area contributed by atoms with Crippen molar-refractivity contribution in [2.45, 2.75) is 57.6 Å². The third-order valence-electron chi connectivity index (χ3n) is 6.18. The largest absolute Gasteiger partial charge is 0.490 e. The molecule has 2 aromatic rings. The molecule has 0 bridgehead atoms. The highest BCUT2D eigenvalue weighted by atomic mass is 32.2. The van der Waals surface area contributed by atoms with E-state index in [4.69, 9.17) is 15.0 Å². The van der Waals surface area contributed by atoms with Gasteiger partial charge in [0.2, 0.25) is 15.9 Å². The number of nitrogens with zero attached hydrogens (tertiary/aromatic N) is 3. The normalized spacial score (nSPS) is 21.7. The number of allylic oxidation sites excluding steroid dienone is 2. The van der Waals surface area contributed by atoms with Crippen molar-refractivity contribution < 1.29 is 22.5 Å². The summed E-state index contributed by atoms with van der Waals surface area (Å²) < 4.78 is 38.4. The van der Waals surface area contributed by atoms with Gasteiger partial charge in [-0.2, -0.15) is 10.2 Å². The fourth-order valence-corrected chi connectivity index (χ4v) is 5.76. The quantitative estimate of drug-likeness (QED) is 0.562. The van der Waals surface area contributed by atoms with Crippen molar-refractivity contribution in [3.63, 3.8) is 0 Å². The molecule has 1 aromatic heterocycles. The van der Waals surface area contributed by atoms with Gasteiger partial charge in [0.15, 0.2) is 5.82 Å². The van der Waals surface area contributed by atoms with Crippen LogP contribution in [0.15, 0.2) is 46.0 Å². The molecule has 0 spiro atoms. The Balaban J connectivity index is 1.62. The number of rotatable bonds is 8. The molecule has 0 aliphatic heterocycles. The molecular weight excluding hydrogens is 470 g/mol. The summed E-state index contributed by atoms with van der Waals surface area (Å²) >= 11 is 0. The Hall–Kier alpha value is -3.49. The van der Waals surface area contributed by atoms with Gasteiger partial charge < -0.3 is 15.0 Å². The Kier molecular flexibility index (Phi) is 6.53. The molecule has 1 aromatic carbocycles. The highest BCUT2D eigenvalue weighted by Gasteiger charge is 2.43. The highest BCUT2D eigenvalue weighted by molar-refractivity contribution is 7.90. The number of carbonyl (C=O) groups is 1. The number of aromatic nitrogens is 2. The number of hydrogen-bond donors (Lipinski definition) is 2. The van der Waals surface area contributed by atoms with E-state index in [1.807, 2.05) is 32.9 Å². The molecule has 0 fully saturated rings. The summed E-state index contributed by atoms with van der Waals surface area (Å²) in [7, 11) is -3.85. The van der Waals surface area contributed by atoms with Gasteiger partial charge in [-0.05, 0) is 63.8 Å². The van der Waals surface area contributed by atoms with Gasteiger partial charge in [-0.15, -0.1) is 0 Å². The van der Waals surface area contributed by atoms with Crippen LogP contribution < -0.4 is 15.2 Å². The Morgan fingerprint density at radius 2 is 2.20 bits per heavy atom. The number of primary amides is 1. The van der Waals surface area contributed by atoms with Crippen molar-refractivity contribution in [2.24, 2.45) is 5.73 Å². The van der Waals surface area contributed by atoms with E-state index in [9.17, 15) is 18.5 Å². The molecule has 0 saturated heterocycles. The number of nitrogens with two attached hydrogens (primary N) is 1. The lowest BCUT2D eigenvalue weighted by Crippen LogP contribution is -2.40. The average molecular weight is 498 g/mol. The summed E-state index contributed by atoms with van der Waals surface area (Å²) in [5.41, 5.74) is 7.32. The summed E-state index contributed by atoms with van der Waals surface area (Å²) in [6.45, 7) is 5.77. The smallest absolute Gasteiger partial charge is 0.258 e. The zero-order chi connectivity index (χ0) is 25.4. The van der Waals surface area contributed by atoms with Crippen LogP contribution in [0.4, 0.5) is 0 Å². The Morgan fingerprint density at radius 1 is 1.43 bits per heavy atom. The van der Waals surface area contributed by atoms with E-state index in [2.05, 4.69) is 20.9 Å². The molecular formula is C24H27N5O5S. The van der Waals surface area contributed by atoms with Crippen molar-refractivity contribution in [3.8, 4) is 23.3 Å². The number of sulfonamides is 1. The Labute approximate surface area is 203 Å². The van der Waals surface area contributed by atoms with Gasteiger partial charge in [-0.3, -0.25) is 4.79 Å². The van der Waals surface area contributed by atoms with Gasteiger partial charge in [-0.1, -0.05) is 22.9 Å². The summed E-state index contributed by atoms with van der Waals surface area (Å²) in [4.78, 5) is 15.8. The van der Waals surface area contributed by atoms with Crippen LogP contribution in [0.5, 0.6) is 5.75 Å². The van der Waals surface area contributed by atoms with Crippen LogP contribution in [-0.4, -0.2) is 42.4 Å². The maximum Gasteiger partial charge on any atom is 0.258 e. The van der Waals surface area contributed by atoms with Crippen molar-refractivity contribution in [2.75, 3.05) is 5.75 Å². The van der Waals surface area contributed by atoms with Gasteiger partial charge in [0, 0.05) is 11.6 Å². The van der Waals surface area contributed by atoms with Gasteiger partial charge in [0.05, 0.1) is 17.1 Å². The first kappa shape index (κ1) is 24.6. The maximum absolute atomic E-state index is 12.3. The van der Waals surface area contributed by atoms with Crippen LogP contribution >= 0.6 is 0 Å². The van der Waals surface area contributed by atoms with E-state index in [0.29, 0.717) is 42.0 Å². The van der Waals surface area contributed by atoms with Crippen LogP contribution in [0, 0.1) is 11.3 Å². The monoisotopic (exact) mass is 497 g/mol.